The van der Waals surface area contributed by atoms with Crippen molar-refractivity contribution in [3.63, 3.8) is 0 Å². The summed E-state index contributed by atoms with van der Waals surface area (Å²) in [6.07, 6.45) is -0.318. The largest absolute Gasteiger partial charge is 0.465 e. The van der Waals surface area contributed by atoms with Crippen molar-refractivity contribution in [2.45, 2.75) is 13.0 Å². The van der Waals surface area contributed by atoms with Crippen molar-refractivity contribution in [3.8, 4) is 0 Å². The molecule has 1 amide bonds. The van der Waals surface area contributed by atoms with Crippen molar-refractivity contribution in [1.29, 1.82) is 0 Å². The van der Waals surface area contributed by atoms with Crippen molar-refractivity contribution in [2.75, 3.05) is 6.54 Å². The molecule has 0 aliphatic carbocycles. The Labute approximate surface area is 77.8 Å². The van der Waals surface area contributed by atoms with Gasteiger partial charge in [0.25, 0.3) is 5.56 Å². The molecule has 0 unspecified atom stereocenters. The highest BCUT2D eigenvalue weighted by atomic mass is 32.1. The molecule has 2 rings (SSSR count). The van der Waals surface area contributed by atoms with Crippen molar-refractivity contribution >= 4 is 17.6 Å². The fourth-order valence-corrected chi connectivity index (χ4v) is 2.20. The molecular weight excluding hydrogens is 192 g/mol. The first-order valence-corrected chi connectivity index (χ1v) is 4.67. The predicted molar refractivity (Wildman–Crippen MR) is 47.1 cm³/mol. The van der Waals surface area contributed by atoms with Crippen LogP contribution in [0, 0.1) is 0 Å². The van der Waals surface area contributed by atoms with E-state index >= 15 is 0 Å². The van der Waals surface area contributed by atoms with Gasteiger partial charge in [0.2, 0.25) is 0 Å². The third-order valence-electron chi connectivity index (χ3n) is 2.11. The Morgan fingerprint density at radius 2 is 2.38 bits per heavy atom. The molecule has 0 saturated heterocycles. The van der Waals surface area contributed by atoms with Gasteiger partial charge in [-0.2, -0.15) is 0 Å². The Morgan fingerprint density at radius 1 is 1.62 bits per heavy atom. The molecule has 0 saturated carbocycles. The number of hydrogen-bond donors (Lipinski definition) is 2. The van der Waals surface area contributed by atoms with Gasteiger partial charge in [-0.1, -0.05) is 11.5 Å². The highest BCUT2D eigenvalue weighted by Crippen LogP contribution is 2.18. The molecule has 6 heteroatoms. The van der Waals surface area contributed by atoms with Crippen LogP contribution in [0.1, 0.15) is 10.4 Å². The molecule has 70 valence electrons. The van der Waals surface area contributed by atoms with E-state index in [1.807, 2.05) is 0 Å². The van der Waals surface area contributed by atoms with Crippen LogP contribution in [0.15, 0.2) is 4.79 Å². The maximum Gasteiger partial charge on any atom is 0.407 e. The number of aromatic amines is 1. The average molecular weight is 200 g/mol. The summed E-state index contributed by atoms with van der Waals surface area (Å²) in [4.78, 5) is 24.0. The van der Waals surface area contributed by atoms with E-state index < -0.39 is 6.09 Å². The molecule has 1 aliphatic rings. The second kappa shape index (κ2) is 2.88. The van der Waals surface area contributed by atoms with Gasteiger partial charge < -0.3 is 10.0 Å². The van der Waals surface area contributed by atoms with Crippen LogP contribution in [0.25, 0.3) is 0 Å². The van der Waals surface area contributed by atoms with Crippen molar-refractivity contribution in [3.05, 3.63) is 20.8 Å². The molecule has 1 aliphatic heterocycles. The van der Waals surface area contributed by atoms with Crippen LogP contribution in [0.5, 0.6) is 0 Å². The normalized spacial score (nSPS) is 15.5. The maximum atomic E-state index is 11.2. The molecule has 1 aromatic heterocycles. The summed E-state index contributed by atoms with van der Waals surface area (Å²) in [6, 6.07) is 0. The first-order valence-electron chi connectivity index (χ1n) is 3.85. The molecule has 1 aromatic rings. The summed E-state index contributed by atoms with van der Waals surface area (Å²) in [7, 11) is 0. The summed E-state index contributed by atoms with van der Waals surface area (Å²) < 4.78 is 2.61. The molecule has 5 nitrogen and oxygen atoms in total. The van der Waals surface area contributed by atoms with Crippen LogP contribution in [-0.2, 0) is 13.0 Å². The number of aromatic nitrogens is 1. The minimum atomic E-state index is -0.962. The lowest BCUT2D eigenvalue weighted by molar-refractivity contribution is 0.140. The average Bonchev–Trinajstić information content (AvgIpc) is 2.47. The Balaban J connectivity index is 2.33. The zero-order valence-corrected chi connectivity index (χ0v) is 7.56. The van der Waals surface area contributed by atoms with Gasteiger partial charge in [0.05, 0.1) is 12.1 Å². The smallest absolute Gasteiger partial charge is 0.407 e. The number of carbonyl (C=O) groups is 1. The predicted octanol–water partition coefficient (Wildman–Crippen LogP) is 0.473. The summed E-state index contributed by atoms with van der Waals surface area (Å²) >= 11 is 1.31. The third-order valence-corrected chi connectivity index (χ3v) is 3.09. The highest BCUT2D eigenvalue weighted by molar-refractivity contribution is 7.05. The van der Waals surface area contributed by atoms with Crippen LogP contribution in [0.2, 0.25) is 0 Å². The Hall–Kier alpha value is -1.30. The first-order chi connectivity index (χ1) is 6.18. The number of nitrogens with zero attached hydrogens (tertiary/aromatic N) is 1. The SMILES string of the molecule is O=C(O)N1CCc2s[nH]c(=O)c2C1. The lowest BCUT2D eigenvalue weighted by Gasteiger charge is -2.22. The first kappa shape index (κ1) is 8.31. The molecule has 0 aromatic carbocycles. The fourth-order valence-electron chi connectivity index (χ4n) is 1.39. The van der Waals surface area contributed by atoms with E-state index in [1.165, 1.54) is 16.4 Å². The number of amides is 1. The molecule has 0 spiro atoms. The number of carboxylic acid groups (broad SMARTS) is 1. The van der Waals surface area contributed by atoms with Gasteiger partial charge in [-0.25, -0.2) is 4.79 Å². The topological polar surface area (TPSA) is 73.4 Å². The quantitative estimate of drug-likeness (QED) is 0.639. The van der Waals surface area contributed by atoms with E-state index in [0.29, 0.717) is 18.5 Å². The highest BCUT2D eigenvalue weighted by Gasteiger charge is 2.23. The number of H-pyrrole nitrogens is 1. The van der Waals surface area contributed by atoms with Crippen LogP contribution in [-0.4, -0.2) is 27.0 Å². The summed E-state index contributed by atoms with van der Waals surface area (Å²) in [5.41, 5.74) is 0.463. The number of hydrogen-bond acceptors (Lipinski definition) is 3. The molecule has 0 radical (unpaired) electrons. The standard InChI is InChI=1S/C7H8N2O3S/c10-6-4-3-9(7(11)12)2-1-5(4)13-8-6/h1-3H2,(H,8,10)(H,11,12). The minimum Gasteiger partial charge on any atom is -0.465 e. The Kier molecular flexibility index (Phi) is 1.84. The summed E-state index contributed by atoms with van der Waals surface area (Å²) in [6.45, 7) is 0.708. The van der Waals surface area contributed by atoms with Gasteiger partial charge in [-0.3, -0.25) is 9.17 Å². The molecule has 2 heterocycles. The van der Waals surface area contributed by atoms with E-state index in [0.717, 1.165) is 4.88 Å². The number of nitrogens with one attached hydrogen (secondary N) is 1. The number of fused-ring (bicyclic) bond motifs is 1. The van der Waals surface area contributed by atoms with Crippen molar-refractivity contribution < 1.29 is 9.90 Å². The van der Waals surface area contributed by atoms with Crippen LogP contribution in [0.4, 0.5) is 4.79 Å². The minimum absolute atomic E-state index is 0.147. The Bertz CT molecular complexity index is 395. The molecule has 0 fully saturated rings. The lowest BCUT2D eigenvalue weighted by Crippen LogP contribution is -2.36. The molecule has 0 bridgehead atoms. The van der Waals surface area contributed by atoms with E-state index in [-0.39, 0.29) is 12.1 Å². The van der Waals surface area contributed by atoms with Gasteiger partial charge in [-0.05, 0) is 0 Å². The van der Waals surface area contributed by atoms with Crippen LogP contribution in [0.3, 0.4) is 0 Å². The van der Waals surface area contributed by atoms with Gasteiger partial charge >= 0.3 is 6.09 Å². The molecular formula is C7H8N2O3S. The molecule has 0 atom stereocenters. The second-order valence-corrected chi connectivity index (χ2v) is 3.79. The number of rotatable bonds is 0. The third kappa shape index (κ3) is 1.33. The van der Waals surface area contributed by atoms with Crippen molar-refractivity contribution in [1.82, 2.24) is 9.27 Å². The maximum absolute atomic E-state index is 11.2. The van der Waals surface area contributed by atoms with E-state index in [1.54, 1.807) is 0 Å². The van der Waals surface area contributed by atoms with Crippen molar-refractivity contribution in [2.24, 2.45) is 0 Å². The van der Waals surface area contributed by atoms with Gasteiger partial charge in [0, 0.05) is 17.8 Å². The zero-order chi connectivity index (χ0) is 9.42. The van der Waals surface area contributed by atoms with E-state index in [9.17, 15) is 9.59 Å². The monoisotopic (exact) mass is 200 g/mol. The Morgan fingerprint density at radius 3 is 3.08 bits per heavy atom. The fraction of sp³-hybridized carbons (Fsp3) is 0.429. The van der Waals surface area contributed by atoms with E-state index in [4.69, 9.17) is 5.11 Å². The second-order valence-electron chi connectivity index (χ2n) is 2.89. The summed E-state index contributed by atoms with van der Waals surface area (Å²) in [5, 5.41) is 8.71. The molecule has 13 heavy (non-hydrogen) atoms. The lowest BCUT2D eigenvalue weighted by atomic mass is 10.1. The van der Waals surface area contributed by atoms with Crippen LogP contribution >= 0.6 is 11.5 Å². The zero-order valence-electron chi connectivity index (χ0n) is 6.74. The van der Waals surface area contributed by atoms with Crippen LogP contribution < -0.4 is 5.56 Å². The van der Waals surface area contributed by atoms with Gasteiger partial charge in [-0.15, -0.1) is 0 Å². The van der Waals surface area contributed by atoms with E-state index in [2.05, 4.69) is 4.37 Å². The van der Waals surface area contributed by atoms with Gasteiger partial charge in [0.1, 0.15) is 0 Å². The van der Waals surface area contributed by atoms with Gasteiger partial charge in [0.15, 0.2) is 0 Å². The summed E-state index contributed by atoms with van der Waals surface area (Å²) in [5.74, 6) is 0. The molecule has 2 N–H and O–H groups in total.